The maximum Gasteiger partial charge on any atom is 0.416 e. The number of aliphatic hydroxyl groups excluding tert-OH is 1. The van der Waals surface area contributed by atoms with E-state index in [1.54, 1.807) is 0 Å². The molecular weight excluding hydrogens is 469 g/mol. The van der Waals surface area contributed by atoms with Crippen LogP contribution in [0.25, 0.3) is 10.9 Å². The summed E-state index contributed by atoms with van der Waals surface area (Å²) in [4.78, 5) is 52.9. The molecule has 2 heterocycles. The molecule has 1 aromatic carbocycles. The van der Waals surface area contributed by atoms with Gasteiger partial charge < -0.3 is 20.0 Å². The predicted molar refractivity (Wildman–Crippen MR) is 122 cm³/mol. The van der Waals surface area contributed by atoms with Crippen molar-refractivity contribution in [3.63, 3.8) is 0 Å². The van der Waals surface area contributed by atoms with Crippen molar-refractivity contribution >= 4 is 16.8 Å². The summed E-state index contributed by atoms with van der Waals surface area (Å²) < 4.78 is 40.6. The lowest BCUT2D eigenvalue weighted by Gasteiger charge is -2.28. The molecular formula is C23H25F3N4O5. The van der Waals surface area contributed by atoms with Gasteiger partial charge in [-0.05, 0) is 24.0 Å². The van der Waals surface area contributed by atoms with Gasteiger partial charge in [-0.25, -0.2) is 4.79 Å². The van der Waals surface area contributed by atoms with Crippen molar-refractivity contribution in [2.75, 3.05) is 0 Å². The molecule has 3 N–H and O–H groups in total. The highest BCUT2D eigenvalue weighted by Crippen LogP contribution is 2.25. The molecule has 3 aromatic rings. The number of fused-ring (bicyclic) bond motifs is 1. The van der Waals surface area contributed by atoms with E-state index >= 15 is 0 Å². The van der Waals surface area contributed by atoms with Crippen molar-refractivity contribution in [3.8, 4) is 0 Å². The van der Waals surface area contributed by atoms with Crippen molar-refractivity contribution in [3.05, 3.63) is 79.4 Å². The van der Waals surface area contributed by atoms with Gasteiger partial charge in [0.2, 0.25) is 5.91 Å². The summed E-state index contributed by atoms with van der Waals surface area (Å²) in [5.41, 5.74) is -1.75. The van der Waals surface area contributed by atoms with Crippen molar-refractivity contribution < 1.29 is 23.1 Å². The Morgan fingerprint density at radius 3 is 2.34 bits per heavy atom. The van der Waals surface area contributed by atoms with Gasteiger partial charge in [0.1, 0.15) is 12.1 Å². The second-order valence-corrected chi connectivity index (χ2v) is 8.48. The van der Waals surface area contributed by atoms with E-state index in [2.05, 4.69) is 10.3 Å². The lowest BCUT2D eigenvalue weighted by Crippen LogP contribution is -2.53. The Kier molecular flexibility index (Phi) is 7.64. The number of hydrogen-bond acceptors (Lipinski definition) is 5. The minimum absolute atomic E-state index is 0.0631. The fourth-order valence-corrected chi connectivity index (χ4v) is 3.70. The van der Waals surface area contributed by atoms with Crippen LogP contribution >= 0.6 is 0 Å². The number of aromatic amines is 1. The van der Waals surface area contributed by atoms with Gasteiger partial charge in [-0.3, -0.25) is 19.0 Å². The number of aliphatic hydroxyl groups is 1. The Balaban J connectivity index is 1.85. The number of nitrogens with one attached hydrogen (secondary N) is 2. The lowest BCUT2D eigenvalue weighted by atomic mass is 9.98. The molecule has 2 unspecified atom stereocenters. The second-order valence-electron chi connectivity index (χ2n) is 8.48. The molecule has 0 radical (unpaired) electrons. The predicted octanol–water partition coefficient (Wildman–Crippen LogP) is 1.16. The molecule has 0 spiro atoms. The molecule has 0 bridgehead atoms. The first-order valence-corrected chi connectivity index (χ1v) is 10.8. The van der Waals surface area contributed by atoms with Gasteiger partial charge in [-0.2, -0.15) is 13.2 Å². The average molecular weight is 494 g/mol. The number of halogens is 3. The first kappa shape index (κ1) is 25.9. The maximum atomic E-state index is 12.9. The van der Waals surface area contributed by atoms with Crippen LogP contribution in [-0.2, 0) is 24.3 Å². The SMILES string of the molecule is CC(C)C(NC(=O)Cn1ccc2c(=O)n(CCc3ccccc3)c(=O)[nH]c2c1=O)C(O)C(F)(F)F. The number of aromatic nitrogens is 3. The third-order valence-electron chi connectivity index (χ3n) is 5.62. The fraction of sp³-hybridized carbons (Fsp3) is 0.391. The molecule has 0 aliphatic carbocycles. The number of nitrogens with zero attached hydrogens (tertiary/aromatic N) is 2. The Morgan fingerprint density at radius 2 is 1.74 bits per heavy atom. The molecule has 0 aliphatic heterocycles. The maximum absolute atomic E-state index is 12.9. The van der Waals surface area contributed by atoms with Gasteiger partial charge in [-0.15, -0.1) is 0 Å². The third-order valence-corrected chi connectivity index (χ3v) is 5.62. The van der Waals surface area contributed by atoms with Crippen LogP contribution < -0.4 is 22.1 Å². The number of H-pyrrole nitrogens is 1. The number of rotatable bonds is 8. The Bertz CT molecular complexity index is 1380. The fourth-order valence-electron chi connectivity index (χ4n) is 3.70. The van der Waals surface area contributed by atoms with Gasteiger partial charge in [0, 0.05) is 12.7 Å². The minimum atomic E-state index is -4.94. The van der Waals surface area contributed by atoms with Crippen LogP contribution in [0.3, 0.4) is 0 Å². The van der Waals surface area contributed by atoms with Gasteiger partial charge in [0.15, 0.2) is 6.10 Å². The Labute approximate surface area is 196 Å². The molecule has 12 heteroatoms. The normalized spacial score (nSPS) is 13.7. The van der Waals surface area contributed by atoms with E-state index in [4.69, 9.17) is 0 Å². The van der Waals surface area contributed by atoms with Crippen LogP contribution in [0.4, 0.5) is 13.2 Å². The van der Waals surface area contributed by atoms with Gasteiger partial charge >= 0.3 is 11.9 Å². The van der Waals surface area contributed by atoms with Crippen LogP contribution in [0.5, 0.6) is 0 Å². The highest BCUT2D eigenvalue weighted by Gasteiger charge is 2.45. The summed E-state index contributed by atoms with van der Waals surface area (Å²) in [5, 5.41) is 11.6. The topological polar surface area (TPSA) is 126 Å². The summed E-state index contributed by atoms with van der Waals surface area (Å²) in [6, 6.07) is 8.82. The number of alkyl halides is 3. The summed E-state index contributed by atoms with van der Waals surface area (Å²) in [7, 11) is 0. The van der Waals surface area contributed by atoms with E-state index in [1.165, 1.54) is 19.9 Å². The van der Waals surface area contributed by atoms with E-state index in [1.807, 2.05) is 30.3 Å². The Hall–Kier alpha value is -3.67. The summed E-state index contributed by atoms with van der Waals surface area (Å²) in [6.45, 7) is 2.20. The zero-order valence-corrected chi connectivity index (χ0v) is 19.0. The molecule has 2 atom stereocenters. The van der Waals surface area contributed by atoms with Crippen LogP contribution in [0, 0.1) is 5.92 Å². The number of benzene rings is 1. The van der Waals surface area contributed by atoms with Gasteiger partial charge in [0.25, 0.3) is 11.1 Å². The van der Waals surface area contributed by atoms with E-state index in [0.29, 0.717) is 6.42 Å². The molecule has 2 aromatic heterocycles. The van der Waals surface area contributed by atoms with E-state index in [-0.39, 0.29) is 17.4 Å². The molecule has 0 fully saturated rings. The van der Waals surface area contributed by atoms with E-state index in [0.717, 1.165) is 20.9 Å². The van der Waals surface area contributed by atoms with Gasteiger partial charge in [0.05, 0.1) is 11.4 Å². The number of pyridine rings is 1. The van der Waals surface area contributed by atoms with E-state index < -0.39 is 53.5 Å². The van der Waals surface area contributed by atoms with Crippen molar-refractivity contribution in [2.24, 2.45) is 5.92 Å². The summed E-state index contributed by atoms with van der Waals surface area (Å²) in [6.07, 6.45) is -6.17. The van der Waals surface area contributed by atoms with Gasteiger partial charge in [-0.1, -0.05) is 44.2 Å². The van der Waals surface area contributed by atoms with Crippen LogP contribution in [-0.4, -0.2) is 43.5 Å². The minimum Gasteiger partial charge on any atom is -0.382 e. The molecule has 3 rings (SSSR count). The largest absolute Gasteiger partial charge is 0.416 e. The zero-order valence-electron chi connectivity index (χ0n) is 19.0. The number of aryl methyl sites for hydroxylation is 1. The first-order valence-electron chi connectivity index (χ1n) is 10.8. The lowest BCUT2D eigenvalue weighted by molar-refractivity contribution is -0.215. The van der Waals surface area contributed by atoms with Crippen molar-refractivity contribution in [2.45, 2.75) is 51.7 Å². The molecule has 9 nitrogen and oxygen atoms in total. The molecule has 0 aliphatic rings. The molecule has 1 amide bonds. The molecule has 0 saturated carbocycles. The Morgan fingerprint density at radius 1 is 1.09 bits per heavy atom. The second kappa shape index (κ2) is 10.3. The standard InChI is InChI=1S/C23H25F3N4O5/c1-13(2)17(19(32)23(24,25)26)27-16(31)12-29-10-9-15-18(21(29)34)28-22(35)30(20(15)33)11-8-14-6-4-3-5-7-14/h3-7,9-10,13,17,19,32H,8,11-12H2,1-2H3,(H,27,31)(H,28,35). The smallest absolute Gasteiger partial charge is 0.382 e. The van der Waals surface area contributed by atoms with Crippen LogP contribution in [0.15, 0.2) is 57.0 Å². The molecule has 188 valence electrons. The molecule has 0 saturated heterocycles. The monoisotopic (exact) mass is 494 g/mol. The number of carbonyl (C=O) groups is 1. The quantitative estimate of drug-likeness (QED) is 0.433. The van der Waals surface area contributed by atoms with Crippen molar-refractivity contribution in [1.29, 1.82) is 0 Å². The summed E-state index contributed by atoms with van der Waals surface area (Å²) in [5.74, 6) is -1.71. The third kappa shape index (κ3) is 5.88. The highest BCUT2D eigenvalue weighted by atomic mass is 19.4. The van der Waals surface area contributed by atoms with Crippen LogP contribution in [0.1, 0.15) is 19.4 Å². The number of amides is 1. The van der Waals surface area contributed by atoms with Crippen molar-refractivity contribution in [1.82, 2.24) is 19.4 Å². The average Bonchev–Trinajstić information content (AvgIpc) is 2.79. The van der Waals surface area contributed by atoms with E-state index in [9.17, 15) is 37.5 Å². The zero-order chi connectivity index (χ0) is 25.9. The first-order chi connectivity index (χ1) is 16.4. The number of hydrogen-bond donors (Lipinski definition) is 3. The molecule has 35 heavy (non-hydrogen) atoms. The van der Waals surface area contributed by atoms with Crippen LogP contribution in [0.2, 0.25) is 0 Å². The number of carbonyl (C=O) groups excluding carboxylic acids is 1. The summed E-state index contributed by atoms with van der Waals surface area (Å²) >= 11 is 0. The highest BCUT2D eigenvalue weighted by molar-refractivity contribution is 5.78.